The number of halogens is 2. The van der Waals surface area contributed by atoms with E-state index in [0.717, 1.165) is 28.0 Å². The summed E-state index contributed by atoms with van der Waals surface area (Å²) in [6.07, 6.45) is 1.83. The number of aryl methyl sites for hydroxylation is 1. The van der Waals surface area contributed by atoms with Crippen LogP contribution in [-0.2, 0) is 6.54 Å². The number of nitrogens with one attached hydrogen (secondary N) is 1. The average molecular weight is 356 g/mol. The largest absolute Gasteiger partial charge is 0.455 e. The third-order valence-corrected chi connectivity index (χ3v) is 3.55. The van der Waals surface area contributed by atoms with Crippen molar-refractivity contribution in [3.63, 3.8) is 0 Å². The Morgan fingerprint density at radius 2 is 2.10 bits per heavy atom. The van der Waals surface area contributed by atoms with Gasteiger partial charge in [0.05, 0.1) is 5.02 Å². The van der Waals surface area contributed by atoms with Gasteiger partial charge in [0, 0.05) is 34.5 Å². The van der Waals surface area contributed by atoms with Crippen molar-refractivity contribution in [2.75, 3.05) is 6.54 Å². The zero-order chi connectivity index (χ0) is 14.5. The summed E-state index contributed by atoms with van der Waals surface area (Å²) < 4.78 is 6.87. The van der Waals surface area contributed by atoms with Crippen molar-refractivity contribution in [1.29, 1.82) is 0 Å². The molecule has 0 radical (unpaired) electrons. The van der Waals surface area contributed by atoms with Crippen molar-refractivity contribution in [1.82, 2.24) is 10.3 Å². The highest BCUT2D eigenvalue weighted by molar-refractivity contribution is 9.10. The lowest BCUT2D eigenvalue weighted by atomic mass is 10.2. The summed E-state index contributed by atoms with van der Waals surface area (Å²) in [6, 6.07) is 7.48. The molecular formula is C15H16BrClN2O. The zero-order valence-electron chi connectivity index (χ0n) is 11.4. The molecule has 0 unspecified atom stereocenters. The number of aromatic nitrogens is 1. The highest BCUT2D eigenvalue weighted by Gasteiger charge is 2.09. The van der Waals surface area contributed by atoms with Crippen molar-refractivity contribution in [2.24, 2.45) is 0 Å². The molecule has 1 N–H and O–H groups in total. The zero-order valence-corrected chi connectivity index (χ0v) is 13.8. The molecule has 0 aliphatic rings. The van der Waals surface area contributed by atoms with Gasteiger partial charge in [0.15, 0.2) is 0 Å². The van der Waals surface area contributed by atoms with Gasteiger partial charge in [-0.2, -0.15) is 0 Å². The van der Waals surface area contributed by atoms with Crippen LogP contribution in [0.25, 0.3) is 0 Å². The second-order valence-electron chi connectivity index (χ2n) is 4.39. The van der Waals surface area contributed by atoms with E-state index in [1.165, 1.54) is 0 Å². The summed E-state index contributed by atoms with van der Waals surface area (Å²) in [4.78, 5) is 4.31. The number of hydrogen-bond acceptors (Lipinski definition) is 3. The van der Waals surface area contributed by atoms with Gasteiger partial charge in [0.25, 0.3) is 0 Å². The molecule has 0 saturated heterocycles. The molecule has 2 rings (SSSR count). The minimum atomic E-state index is 0.572. The lowest BCUT2D eigenvalue weighted by Crippen LogP contribution is -2.12. The first-order chi connectivity index (χ1) is 9.60. The van der Waals surface area contributed by atoms with Crippen LogP contribution in [0.15, 0.2) is 34.9 Å². The number of nitrogens with zero attached hydrogens (tertiary/aromatic N) is 1. The summed E-state index contributed by atoms with van der Waals surface area (Å²) >= 11 is 9.57. The van der Waals surface area contributed by atoms with Gasteiger partial charge in [-0.15, -0.1) is 0 Å². The lowest BCUT2D eigenvalue weighted by molar-refractivity contribution is 0.471. The van der Waals surface area contributed by atoms with Crippen molar-refractivity contribution in [2.45, 2.75) is 20.4 Å². The van der Waals surface area contributed by atoms with Gasteiger partial charge in [-0.1, -0.05) is 34.5 Å². The maximum absolute atomic E-state index is 6.19. The summed E-state index contributed by atoms with van der Waals surface area (Å²) in [6.45, 7) is 5.61. The van der Waals surface area contributed by atoms with E-state index in [2.05, 4.69) is 33.2 Å². The highest BCUT2D eigenvalue weighted by Crippen LogP contribution is 2.33. The minimum absolute atomic E-state index is 0.572. The van der Waals surface area contributed by atoms with Crippen molar-refractivity contribution in [3.8, 4) is 11.5 Å². The highest BCUT2D eigenvalue weighted by atomic mass is 79.9. The maximum Gasteiger partial charge on any atom is 0.146 e. The second-order valence-corrected chi connectivity index (χ2v) is 5.71. The Bertz CT molecular complexity index is 604. The van der Waals surface area contributed by atoms with Gasteiger partial charge in [-0.25, -0.2) is 0 Å². The van der Waals surface area contributed by atoms with Crippen LogP contribution >= 0.6 is 27.5 Å². The molecule has 0 aliphatic carbocycles. The fourth-order valence-corrected chi connectivity index (χ4v) is 2.44. The molecule has 0 spiro atoms. The second kappa shape index (κ2) is 7.07. The Labute approximate surface area is 132 Å². The third-order valence-electron chi connectivity index (χ3n) is 2.76. The molecule has 1 aromatic carbocycles. The van der Waals surface area contributed by atoms with Crippen molar-refractivity contribution < 1.29 is 4.74 Å². The molecule has 20 heavy (non-hydrogen) atoms. The summed E-state index contributed by atoms with van der Waals surface area (Å²) in [5.74, 6) is 1.42. The average Bonchev–Trinajstić information content (AvgIpc) is 2.41. The molecule has 0 amide bonds. The molecule has 3 nitrogen and oxygen atoms in total. The molecule has 0 bridgehead atoms. The number of pyridine rings is 1. The number of benzene rings is 1. The minimum Gasteiger partial charge on any atom is -0.455 e. The fourth-order valence-electron chi connectivity index (χ4n) is 1.73. The molecule has 0 atom stereocenters. The van der Waals surface area contributed by atoms with Gasteiger partial charge < -0.3 is 10.1 Å². The lowest BCUT2D eigenvalue weighted by Gasteiger charge is -2.13. The van der Waals surface area contributed by atoms with Crippen LogP contribution in [0.4, 0.5) is 0 Å². The van der Waals surface area contributed by atoms with E-state index in [1.54, 1.807) is 0 Å². The van der Waals surface area contributed by atoms with Crippen LogP contribution in [0.3, 0.4) is 0 Å². The monoisotopic (exact) mass is 354 g/mol. The Balaban J connectivity index is 2.29. The van der Waals surface area contributed by atoms with E-state index < -0.39 is 0 Å². The molecule has 2 aromatic rings. The van der Waals surface area contributed by atoms with Gasteiger partial charge in [-0.05, 0) is 31.7 Å². The van der Waals surface area contributed by atoms with E-state index >= 15 is 0 Å². The van der Waals surface area contributed by atoms with Crippen LogP contribution in [-0.4, -0.2) is 11.5 Å². The van der Waals surface area contributed by atoms with Crippen LogP contribution in [0.2, 0.25) is 5.02 Å². The molecule has 1 aromatic heterocycles. The molecule has 0 aliphatic heterocycles. The molecule has 0 saturated carbocycles. The SMILES string of the molecule is CCNCc1cnc(C)cc1Oc1ccc(Br)cc1Cl. The summed E-state index contributed by atoms with van der Waals surface area (Å²) in [5.41, 5.74) is 1.92. The molecule has 0 fully saturated rings. The normalized spacial score (nSPS) is 10.6. The van der Waals surface area contributed by atoms with Crippen LogP contribution in [0, 0.1) is 6.92 Å². The van der Waals surface area contributed by atoms with E-state index in [1.807, 2.05) is 37.4 Å². The predicted molar refractivity (Wildman–Crippen MR) is 85.6 cm³/mol. The summed E-state index contributed by atoms with van der Waals surface area (Å²) in [7, 11) is 0. The van der Waals surface area contributed by atoms with E-state index in [-0.39, 0.29) is 0 Å². The number of ether oxygens (including phenoxy) is 1. The van der Waals surface area contributed by atoms with E-state index in [9.17, 15) is 0 Å². The first-order valence-electron chi connectivity index (χ1n) is 6.39. The molecule has 106 valence electrons. The number of rotatable bonds is 5. The first kappa shape index (κ1) is 15.3. The quantitative estimate of drug-likeness (QED) is 0.843. The first-order valence-corrected chi connectivity index (χ1v) is 7.56. The fraction of sp³-hybridized carbons (Fsp3) is 0.267. The van der Waals surface area contributed by atoms with Gasteiger partial charge in [0.1, 0.15) is 11.5 Å². The molecular weight excluding hydrogens is 340 g/mol. The van der Waals surface area contributed by atoms with Gasteiger partial charge >= 0.3 is 0 Å². The predicted octanol–water partition coefficient (Wildman–Crippen LogP) is 4.71. The van der Waals surface area contributed by atoms with Crippen LogP contribution < -0.4 is 10.1 Å². The Morgan fingerprint density at radius 1 is 1.30 bits per heavy atom. The van der Waals surface area contributed by atoms with Crippen molar-refractivity contribution >= 4 is 27.5 Å². The van der Waals surface area contributed by atoms with E-state index in [4.69, 9.17) is 16.3 Å². The third kappa shape index (κ3) is 3.95. The topological polar surface area (TPSA) is 34.2 Å². The maximum atomic E-state index is 6.19. The number of hydrogen-bond donors (Lipinski definition) is 1. The Hall–Kier alpha value is -1.10. The molecule has 1 heterocycles. The van der Waals surface area contributed by atoms with Crippen molar-refractivity contribution in [3.05, 3.63) is 51.2 Å². The standard InChI is InChI=1S/C15H16BrClN2O/c1-3-18-8-11-9-19-10(2)6-15(11)20-14-5-4-12(16)7-13(14)17/h4-7,9,18H,3,8H2,1-2H3. The Kier molecular flexibility index (Phi) is 5.40. The van der Waals surface area contributed by atoms with Gasteiger partial charge in [-0.3, -0.25) is 4.98 Å². The molecule has 5 heteroatoms. The summed E-state index contributed by atoms with van der Waals surface area (Å²) in [5, 5.41) is 3.85. The van der Waals surface area contributed by atoms with E-state index in [0.29, 0.717) is 17.3 Å². The van der Waals surface area contributed by atoms with Crippen LogP contribution in [0.1, 0.15) is 18.2 Å². The smallest absolute Gasteiger partial charge is 0.146 e. The Morgan fingerprint density at radius 3 is 2.80 bits per heavy atom. The van der Waals surface area contributed by atoms with Crippen LogP contribution in [0.5, 0.6) is 11.5 Å². The van der Waals surface area contributed by atoms with Gasteiger partial charge in [0.2, 0.25) is 0 Å².